The molecule has 0 aliphatic heterocycles. The predicted molar refractivity (Wildman–Crippen MR) is 103 cm³/mol. The third-order valence-electron chi connectivity index (χ3n) is 5.00. The number of carbonyl (C=O) groups is 2. The fourth-order valence-electron chi connectivity index (χ4n) is 3.39. The Labute approximate surface area is 161 Å². The number of benzene rings is 1. The summed E-state index contributed by atoms with van der Waals surface area (Å²) >= 11 is 6.16. The Kier molecular flexibility index (Phi) is 5.96. The Hall–Kier alpha value is -2.60. The molecule has 27 heavy (non-hydrogen) atoms. The van der Waals surface area contributed by atoms with Crippen LogP contribution in [0, 0.1) is 11.8 Å². The number of nitrogens with zero attached hydrogens (tertiary/aromatic N) is 1. The van der Waals surface area contributed by atoms with Gasteiger partial charge in [0.15, 0.2) is 0 Å². The van der Waals surface area contributed by atoms with Crippen LogP contribution in [0.4, 0.5) is 5.69 Å². The molecule has 0 saturated heterocycles. The molecule has 7 heteroatoms. The quantitative estimate of drug-likeness (QED) is 0.821. The molecular weight excluding hydrogens is 368 g/mol. The highest BCUT2D eigenvalue weighted by molar-refractivity contribution is 6.31. The molecule has 1 saturated carbocycles. The molecule has 3 rings (SSSR count). The molecule has 1 aliphatic rings. The van der Waals surface area contributed by atoms with Crippen molar-refractivity contribution in [3.63, 3.8) is 0 Å². The maximum atomic E-state index is 12.5. The number of pyridine rings is 1. The maximum absolute atomic E-state index is 12.5. The van der Waals surface area contributed by atoms with E-state index in [-0.39, 0.29) is 23.3 Å². The summed E-state index contributed by atoms with van der Waals surface area (Å²) in [4.78, 5) is 35.6. The van der Waals surface area contributed by atoms with Crippen LogP contribution in [0.1, 0.15) is 31.2 Å². The molecule has 2 aromatic rings. The van der Waals surface area contributed by atoms with E-state index in [9.17, 15) is 14.4 Å². The lowest BCUT2D eigenvalue weighted by molar-refractivity contribution is -0.143. The Balaban J connectivity index is 1.67. The second-order valence-corrected chi connectivity index (χ2v) is 7.26. The van der Waals surface area contributed by atoms with Crippen LogP contribution in [-0.4, -0.2) is 21.6 Å². The van der Waals surface area contributed by atoms with Crippen molar-refractivity contribution in [1.82, 2.24) is 4.57 Å². The molecule has 0 unspecified atom stereocenters. The average Bonchev–Trinajstić information content (AvgIpc) is 2.66. The molecule has 6 nitrogen and oxygen atoms in total. The Bertz CT molecular complexity index is 901. The fraction of sp³-hybridized carbons (Fsp3) is 0.350. The van der Waals surface area contributed by atoms with E-state index in [0.29, 0.717) is 42.9 Å². The molecule has 1 fully saturated rings. The number of anilines is 1. The minimum absolute atomic E-state index is 0.137. The van der Waals surface area contributed by atoms with Crippen molar-refractivity contribution < 1.29 is 14.7 Å². The van der Waals surface area contributed by atoms with E-state index in [2.05, 4.69) is 5.32 Å². The first kappa shape index (κ1) is 19.2. The van der Waals surface area contributed by atoms with E-state index in [0.717, 1.165) is 5.56 Å². The molecule has 1 amide bonds. The molecule has 1 heterocycles. The molecule has 0 bridgehead atoms. The molecule has 0 atom stereocenters. The third kappa shape index (κ3) is 4.77. The molecular formula is C20H21ClN2O4. The summed E-state index contributed by atoms with van der Waals surface area (Å²) in [5, 5.41) is 12.5. The number of hydrogen-bond acceptors (Lipinski definition) is 3. The Morgan fingerprint density at radius 3 is 2.41 bits per heavy atom. The lowest BCUT2D eigenvalue weighted by Crippen LogP contribution is -2.30. The summed E-state index contributed by atoms with van der Waals surface area (Å²) in [6.07, 6.45) is 3.75. The van der Waals surface area contributed by atoms with Crippen molar-refractivity contribution in [2.24, 2.45) is 11.8 Å². The van der Waals surface area contributed by atoms with Crippen molar-refractivity contribution in [1.29, 1.82) is 0 Å². The summed E-state index contributed by atoms with van der Waals surface area (Å²) < 4.78 is 1.50. The summed E-state index contributed by atoms with van der Waals surface area (Å²) in [6.45, 7) is 0.311. The number of aliphatic carboxylic acids is 1. The molecule has 1 aromatic heterocycles. The van der Waals surface area contributed by atoms with E-state index in [1.165, 1.54) is 10.6 Å². The van der Waals surface area contributed by atoms with Gasteiger partial charge in [0.2, 0.25) is 5.91 Å². The summed E-state index contributed by atoms with van der Waals surface area (Å²) in [6, 6.07) is 10.3. The Morgan fingerprint density at radius 2 is 1.74 bits per heavy atom. The van der Waals surface area contributed by atoms with E-state index in [1.54, 1.807) is 18.3 Å². The van der Waals surface area contributed by atoms with Gasteiger partial charge in [0, 0.05) is 23.2 Å². The first-order valence-electron chi connectivity index (χ1n) is 8.91. The largest absolute Gasteiger partial charge is 0.481 e. The SMILES string of the molecule is O=C(O)C1CCC(C(=O)Nc2ccc(=O)n(Cc3ccccc3Cl)c2)CC1. The van der Waals surface area contributed by atoms with Gasteiger partial charge in [-0.05, 0) is 43.4 Å². The summed E-state index contributed by atoms with van der Waals surface area (Å²) in [5.74, 6) is -1.49. The van der Waals surface area contributed by atoms with Crippen LogP contribution in [0.5, 0.6) is 0 Å². The van der Waals surface area contributed by atoms with Crippen molar-refractivity contribution in [2.75, 3.05) is 5.32 Å². The van der Waals surface area contributed by atoms with Crippen molar-refractivity contribution in [3.8, 4) is 0 Å². The zero-order valence-electron chi connectivity index (χ0n) is 14.7. The molecule has 0 spiro atoms. The predicted octanol–water partition coefficient (Wildman–Crippen LogP) is 3.38. The van der Waals surface area contributed by atoms with Gasteiger partial charge in [0.25, 0.3) is 5.56 Å². The highest BCUT2D eigenvalue weighted by Crippen LogP contribution is 2.29. The molecule has 142 valence electrons. The van der Waals surface area contributed by atoms with Gasteiger partial charge in [0.05, 0.1) is 18.2 Å². The molecule has 0 radical (unpaired) electrons. The van der Waals surface area contributed by atoms with Gasteiger partial charge in [-0.2, -0.15) is 0 Å². The second kappa shape index (κ2) is 8.39. The first-order chi connectivity index (χ1) is 12.9. The van der Waals surface area contributed by atoms with E-state index in [1.807, 2.05) is 18.2 Å². The highest BCUT2D eigenvalue weighted by atomic mass is 35.5. The minimum atomic E-state index is -0.791. The number of carboxylic acids is 1. The van der Waals surface area contributed by atoms with Gasteiger partial charge < -0.3 is 15.0 Å². The highest BCUT2D eigenvalue weighted by Gasteiger charge is 2.29. The lowest BCUT2D eigenvalue weighted by atomic mass is 9.81. The topological polar surface area (TPSA) is 88.4 Å². The van der Waals surface area contributed by atoms with Crippen molar-refractivity contribution in [3.05, 3.63) is 63.5 Å². The smallest absolute Gasteiger partial charge is 0.306 e. The number of carboxylic acid groups (broad SMARTS) is 1. The third-order valence-corrected chi connectivity index (χ3v) is 5.37. The van der Waals surface area contributed by atoms with Crippen molar-refractivity contribution in [2.45, 2.75) is 32.2 Å². The van der Waals surface area contributed by atoms with Gasteiger partial charge in [-0.1, -0.05) is 29.8 Å². The van der Waals surface area contributed by atoms with Crippen LogP contribution in [0.2, 0.25) is 5.02 Å². The zero-order valence-corrected chi connectivity index (χ0v) is 15.5. The normalized spacial score (nSPS) is 19.4. The van der Waals surface area contributed by atoms with Crippen molar-refractivity contribution >= 4 is 29.2 Å². The van der Waals surface area contributed by atoms with Gasteiger partial charge >= 0.3 is 5.97 Å². The second-order valence-electron chi connectivity index (χ2n) is 6.85. The van der Waals surface area contributed by atoms with Crippen LogP contribution in [0.3, 0.4) is 0 Å². The van der Waals surface area contributed by atoms with E-state index < -0.39 is 5.97 Å². The summed E-state index contributed by atoms with van der Waals surface area (Å²) in [5.41, 5.74) is 1.17. The Morgan fingerprint density at radius 1 is 1.07 bits per heavy atom. The monoisotopic (exact) mass is 388 g/mol. The number of carbonyl (C=O) groups excluding carboxylic acids is 1. The number of aromatic nitrogens is 1. The lowest BCUT2D eigenvalue weighted by Gasteiger charge is -2.25. The van der Waals surface area contributed by atoms with Gasteiger partial charge in [0.1, 0.15) is 0 Å². The first-order valence-corrected chi connectivity index (χ1v) is 9.29. The van der Waals surface area contributed by atoms with Crippen LogP contribution >= 0.6 is 11.6 Å². The average molecular weight is 389 g/mol. The molecule has 2 N–H and O–H groups in total. The summed E-state index contributed by atoms with van der Waals surface area (Å²) in [7, 11) is 0. The standard InChI is InChI=1S/C20H21ClN2O4/c21-17-4-2-1-3-15(17)11-23-12-16(9-10-18(23)24)22-19(25)13-5-7-14(8-6-13)20(26)27/h1-4,9-10,12-14H,5-8,11H2,(H,22,25)(H,26,27). The number of nitrogens with one attached hydrogen (secondary N) is 1. The number of rotatable bonds is 5. The molecule has 1 aromatic carbocycles. The van der Waals surface area contributed by atoms with Crippen LogP contribution in [0.15, 0.2) is 47.4 Å². The van der Waals surface area contributed by atoms with Crippen LogP contribution < -0.4 is 10.9 Å². The maximum Gasteiger partial charge on any atom is 0.306 e. The van der Waals surface area contributed by atoms with E-state index in [4.69, 9.17) is 16.7 Å². The van der Waals surface area contributed by atoms with Gasteiger partial charge in [-0.25, -0.2) is 0 Å². The van der Waals surface area contributed by atoms with Gasteiger partial charge in [-0.3, -0.25) is 14.4 Å². The zero-order chi connectivity index (χ0) is 19.4. The number of hydrogen-bond donors (Lipinski definition) is 2. The molecule has 1 aliphatic carbocycles. The van der Waals surface area contributed by atoms with Crippen LogP contribution in [0.25, 0.3) is 0 Å². The fourth-order valence-corrected chi connectivity index (χ4v) is 3.58. The van der Waals surface area contributed by atoms with Gasteiger partial charge in [-0.15, -0.1) is 0 Å². The van der Waals surface area contributed by atoms with E-state index >= 15 is 0 Å². The minimum Gasteiger partial charge on any atom is -0.481 e. The number of halogens is 1. The van der Waals surface area contributed by atoms with Crippen LogP contribution in [-0.2, 0) is 16.1 Å². The number of amides is 1.